The van der Waals surface area contributed by atoms with Gasteiger partial charge in [0.05, 0.1) is 13.2 Å². The number of aliphatic hydroxyl groups excluding tert-OH is 1. The Bertz CT molecular complexity index is 358. The number of hydrogen-bond acceptors (Lipinski definition) is 3. The van der Waals surface area contributed by atoms with Gasteiger partial charge in [-0.3, -0.25) is 0 Å². The Morgan fingerprint density at radius 1 is 1.10 bits per heavy atom. The molecule has 1 aromatic rings. The average Bonchev–Trinajstić information content (AvgIpc) is 2.49. The van der Waals surface area contributed by atoms with E-state index in [1.165, 1.54) is 32.1 Å². The Balaban J connectivity index is 1.75. The fraction of sp³-hybridized carbons (Fsp3) is 0.647. The standard InChI is InChI=1S/C17H26O3/c1-14(18)17(19-12-15-8-4-2-5-9-15)20-13-16-10-6-3-7-11-16/h2,4-5,8-9,14,16-18H,3,6-7,10-13H2,1H3. The van der Waals surface area contributed by atoms with Crippen LogP contribution in [0.25, 0.3) is 0 Å². The summed E-state index contributed by atoms with van der Waals surface area (Å²) in [6.45, 7) is 2.89. The van der Waals surface area contributed by atoms with Gasteiger partial charge in [0.1, 0.15) is 6.10 Å². The third-order valence-corrected chi connectivity index (χ3v) is 3.87. The summed E-state index contributed by atoms with van der Waals surface area (Å²) in [5.41, 5.74) is 1.10. The van der Waals surface area contributed by atoms with Crippen molar-refractivity contribution in [1.29, 1.82) is 0 Å². The molecule has 3 nitrogen and oxygen atoms in total. The Morgan fingerprint density at radius 3 is 2.45 bits per heavy atom. The highest BCUT2D eigenvalue weighted by molar-refractivity contribution is 5.13. The highest BCUT2D eigenvalue weighted by Gasteiger charge is 2.20. The molecule has 3 heteroatoms. The molecule has 1 N–H and O–H groups in total. The smallest absolute Gasteiger partial charge is 0.183 e. The lowest BCUT2D eigenvalue weighted by atomic mass is 9.90. The van der Waals surface area contributed by atoms with E-state index >= 15 is 0 Å². The van der Waals surface area contributed by atoms with Crippen molar-refractivity contribution in [2.75, 3.05) is 6.61 Å². The highest BCUT2D eigenvalue weighted by atomic mass is 16.7. The summed E-state index contributed by atoms with van der Waals surface area (Å²) >= 11 is 0. The maximum atomic E-state index is 9.77. The first-order valence-electron chi connectivity index (χ1n) is 7.71. The van der Waals surface area contributed by atoms with E-state index in [0.717, 1.165) is 5.56 Å². The summed E-state index contributed by atoms with van der Waals surface area (Å²) in [7, 11) is 0. The Hall–Kier alpha value is -0.900. The van der Waals surface area contributed by atoms with E-state index in [0.29, 0.717) is 19.1 Å². The van der Waals surface area contributed by atoms with Gasteiger partial charge in [-0.15, -0.1) is 0 Å². The van der Waals surface area contributed by atoms with Crippen LogP contribution >= 0.6 is 0 Å². The van der Waals surface area contributed by atoms with Crippen LogP contribution in [0.1, 0.15) is 44.6 Å². The summed E-state index contributed by atoms with van der Waals surface area (Å²) in [6.07, 6.45) is 5.30. The van der Waals surface area contributed by atoms with Crippen molar-refractivity contribution < 1.29 is 14.6 Å². The Labute approximate surface area is 121 Å². The van der Waals surface area contributed by atoms with Crippen molar-refractivity contribution in [3.63, 3.8) is 0 Å². The SMILES string of the molecule is CC(O)C(OCc1ccccc1)OCC1CCCCC1. The van der Waals surface area contributed by atoms with Gasteiger partial charge < -0.3 is 14.6 Å². The molecule has 1 fully saturated rings. The minimum atomic E-state index is -0.609. The van der Waals surface area contributed by atoms with Crippen LogP contribution in [0.4, 0.5) is 0 Å². The first kappa shape index (κ1) is 15.5. The lowest BCUT2D eigenvalue weighted by Crippen LogP contribution is -2.31. The first-order valence-corrected chi connectivity index (χ1v) is 7.71. The molecule has 0 saturated heterocycles. The van der Waals surface area contributed by atoms with Gasteiger partial charge in [0.2, 0.25) is 0 Å². The fourth-order valence-corrected chi connectivity index (χ4v) is 2.66. The third-order valence-electron chi connectivity index (χ3n) is 3.87. The average molecular weight is 278 g/mol. The van der Waals surface area contributed by atoms with E-state index in [9.17, 15) is 5.11 Å². The molecule has 0 bridgehead atoms. The van der Waals surface area contributed by atoms with Crippen molar-refractivity contribution in [3.8, 4) is 0 Å². The topological polar surface area (TPSA) is 38.7 Å². The zero-order valence-corrected chi connectivity index (χ0v) is 12.3. The van der Waals surface area contributed by atoms with Gasteiger partial charge >= 0.3 is 0 Å². The summed E-state index contributed by atoms with van der Waals surface area (Å²) in [5.74, 6) is 0.630. The van der Waals surface area contributed by atoms with Gasteiger partial charge in [0.15, 0.2) is 6.29 Å². The van der Waals surface area contributed by atoms with Crippen LogP contribution in [-0.4, -0.2) is 24.1 Å². The molecule has 2 rings (SSSR count). The molecule has 1 aliphatic rings. The summed E-state index contributed by atoms with van der Waals surface area (Å²) in [5, 5.41) is 9.77. The Kier molecular flexibility index (Phi) is 6.51. The molecule has 0 heterocycles. The largest absolute Gasteiger partial charge is 0.388 e. The van der Waals surface area contributed by atoms with Gasteiger partial charge in [-0.25, -0.2) is 0 Å². The second-order valence-corrected chi connectivity index (χ2v) is 5.74. The molecular formula is C17H26O3. The first-order chi connectivity index (χ1) is 9.75. The molecule has 1 aliphatic carbocycles. The van der Waals surface area contributed by atoms with Crippen molar-refractivity contribution in [2.45, 2.75) is 58.0 Å². The molecule has 1 aromatic carbocycles. The number of rotatable bonds is 7. The third kappa shape index (κ3) is 5.23. The van der Waals surface area contributed by atoms with Gasteiger partial charge in [-0.1, -0.05) is 49.6 Å². The van der Waals surface area contributed by atoms with Crippen LogP contribution in [-0.2, 0) is 16.1 Å². The predicted molar refractivity (Wildman–Crippen MR) is 79.2 cm³/mol. The fourth-order valence-electron chi connectivity index (χ4n) is 2.66. The number of benzene rings is 1. The molecular weight excluding hydrogens is 252 g/mol. The minimum absolute atomic E-state index is 0.473. The summed E-state index contributed by atoms with van der Waals surface area (Å²) < 4.78 is 11.5. The van der Waals surface area contributed by atoms with Crippen molar-refractivity contribution in [3.05, 3.63) is 35.9 Å². The van der Waals surface area contributed by atoms with Crippen LogP contribution in [0, 0.1) is 5.92 Å². The maximum Gasteiger partial charge on any atom is 0.183 e. The predicted octanol–water partition coefficient (Wildman–Crippen LogP) is 3.51. The minimum Gasteiger partial charge on any atom is -0.388 e. The maximum absolute atomic E-state index is 9.77. The van der Waals surface area contributed by atoms with Gasteiger partial charge in [-0.2, -0.15) is 0 Å². The van der Waals surface area contributed by atoms with Crippen LogP contribution in [0.15, 0.2) is 30.3 Å². The van der Waals surface area contributed by atoms with E-state index in [-0.39, 0.29) is 0 Å². The van der Waals surface area contributed by atoms with E-state index in [2.05, 4.69) is 0 Å². The quantitative estimate of drug-likeness (QED) is 0.776. The van der Waals surface area contributed by atoms with Crippen molar-refractivity contribution >= 4 is 0 Å². The van der Waals surface area contributed by atoms with Gasteiger partial charge in [0.25, 0.3) is 0 Å². The van der Waals surface area contributed by atoms with E-state index in [4.69, 9.17) is 9.47 Å². The molecule has 0 aromatic heterocycles. The molecule has 20 heavy (non-hydrogen) atoms. The van der Waals surface area contributed by atoms with Crippen LogP contribution < -0.4 is 0 Å². The van der Waals surface area contributed by atoms with E-state index in [1.807, 2.05) is 30.3 Å². The lowest BCUT2D eigenvalue weighted by Gasteiger charge is -2.26. The normalized spacial score (nSPS) is 19.7. The van der Waals surface area contributed by atoms with Crippen LogP contribution in [0.2, 0.25) is 0 Å². The van der Waals surface area contributed by atoms with E-state index in [1.54, 1.807) is 6.92 Å². The van der Waals surface area contributed by atoms with E-state index < -0.39 is 12.4 Å². The highest BCUT2D eigenvalue weighted by Crippen LogP contribution is 2.24. The molecule has 0 spiro atoms. The lowest BCUT2D eigenvalue weighted by molar-refractivity contribution is -0.202. The molecule has 2 unspecified atom stereocenters. The molecule has 2 atom stereocenters. The summed E-state index contributed by atoms with van der Waals surface area (Å²) in [4.78, 5) is 0. The number of ether oxygens (including phenoxy) is 2. The van der Waals surface area contributed by atoms with Gasteiger partial charge in [0, 0.05) is 0 Å². The number of hydrogen-bond donors (Lipinski definition) is 1. The van der Waals surface area contributed by atoms with Crippen molar-refractivity contribution in [2.24, 2.45) is 5.92 Å². The molecule has 1 saturated carbocycles. The second-order valence-electron chi connectivity index (χ2n) is 5.74. The molecule has 0 aliphatic heterocycles. The van der Waals surface area contributed by atoms with Crippen molar-refractivity contribution in [1.82, 2.24) is 0 Å². The monoisotopic (exact) mass is 278 g/mol. The van der Waals surface area contributed by atoms with Crippen LogP contribution in [0.5, 0.6) is 0 Å². The van der Waals surface area contributed by atoms with Gasteiger partial charge in [-0.05, 0) is 31.2 Å². The Morgan fingerprint density at radius 2 is 1.80 bits per heavy atom. The zero-order valence-electron chi connectivity index (χ0n) is 12.3. The molecule has 0 radical (unpaired) electrons. The molecule has 0 amide bonds. The second kappa shape index (κ2) is 8.40. The number of aliphatic hydroxyl groups is 1. The summed E-state index contributed by atoms with van der Waals surface area (Å²) in [6, 6.07) is 9.98. The zero-order chi connectivity index (χ0) is 14.2. The molecule has 112 valence electrons. The van der Waals surface area contributed by atoms with Crippen LogP contribution in [0.3, 0.4) is 0 Å².